The van der Waals surface area contributed by atoms with Crippen molar-refractivity contribution in [2.45, 2.75) is 57.3 Å². The molecule has 0 unspecified atom stereocenters. The van der Waals surface area contributed by atoms with Crippen molar-refractivity contribution in [3.63, 3.8) is 0 Å². The van der Waals surface area contributed by atoms with Gasteiger partial charge in [0.25, 0.3) is 0 Å². The molecule has 1 amide bonds. The third-order valence-corrected chi connectivity index (χ3v) is 5.30. The summed E-state index contributed by atoms with van der Waals surface area (Å²) in [5, 5.41) is 13.7. The second-order valence-electron chi connectivity index (χ2n) is 5.74. The number of nitrogens with one attached hydrogen (secondary N) is 1. The molecule has 0 aliphatic heterocycles. The van der Waals surface area contributed by atoms with E-state index in [1.54, 1.807) is 11.8 Å². The first-order valence-corrected chi connectivity index (χ1v) is 8.74. The number of aliphatic hydroxyl groups is 1. The molecule has 1 aromatic rings. The zero-order chi connectivity index (χ0) is 15.2. The molecule has 0 aromatic carbocycles. The summed E-state index contributed by atoms with van der Waals surface area (Å²) in [5.41, 5.74) is 0.821. The van der Waals surface area contributed by atoms with Gasteiger partial charge in [0.2, 0.25) is 5.91 Å². The molecule has 1 aliphatic carbocycles. The smallest absolute Gasteiger partial charge is 0.230 e. The summed E-state index contributed by atoms with van der Waals surface area (Å²) in [4.78, 5) is 11.8. The van der Waals surface area contributed by atoms with E-state index in [1.807, 2.05) is 19.9 Å². The van der Waals surface area contributed by atoms with Gasteiger partial charge in [-0.2, -0.15) is 0 Å². The van der Waals surface area contributed by atoms with E-state index in [-0.39, 0.29) is 5.91 Å². The highest BCUT2D eigenvalue weighted by Gasteiger charge is 2.17. The highest BCUT2D eigenvalue weighted by Crippen LogP contribution is 2.29. The zero-order valence-corrected chi connectivity index (χ0v) is 13.7. The Balaban J connectivity index is 1.64. The van der Waals surface area contributed by atoms with Crippen molar-refractivity contribution >= 4 is 17.7 Å². The number of hydrogen-bond donors (Lipinski definition) is 2. The van der Waals surface area contributed by atoms with Crippen LogP contribution in [0.4, 0.5) is 0 Å². The number of amides is 1. The van der Waals surface area contributed by atoms with Gasteiger partial charge in [0.15, 0.2) is 0 Å². The van der Waals surface area contributed by atoms with Crippen molar-refractivity contribution < 1.29 is 14.3 Å². The fourth-order valence-corrected chi connectivity index (χ4v) is 3.94. The van der Waals surface area contributed by atoms with Crippen LogP contribution in [0.5, 0.6) is 0 Å². The molecule has 118 valence electrons. The van der Waals surface area contributed by atoms with Crippen LogP contribution in [-0.4, -0.2) is 28.6 Å². The largest absolute Gasteiger partial charge is 0.466 e. The molecular formula is C16H25NO3S. The average Bonchev–Trinajstić information content (AvgIpc) is 3.05. The lowest BCUT2D eigenvalue weighted by molar-refractivity contribution is -0.118. The molecule has 0 bridgehead atoms. The van der Waals surface area contributed by atoms with Crippen molar-refractivity contribution in [3.8, 4) is 0 Å². The van der Waals surface area contributed by atoms with E-state index in [2.05, 4.69) is 5.32 Å². The number of carbonyl (C=O) groups excluding carboxylic acids is 1. The summed E-state index contributed by atoms with van der Waals surface area (Å²) >= 11 is 1.76. The van der Waals surface area contributed by atoms with Crippen molar-refractivity contribution in [2.75, 3.05) is 12.3 Å². The molecule has 0 radical (unpaired) electrons. The maximum atomic E-state index is 11.8. The van der Waals surface area contributed by atoms with Crippen LogP contribution in [-0.2, 0) is 4.79 Å². The predicted molar refractivity (Wildman–Crippen MR) is 85.5 cm³/mol. The van der Waals surface area contributed by atoms with Crippen LogP contribution >= 0.6 is 11.8 Å². The first-order valence-electron chi connectivity index (χ1n) is 7.69. The fourth-order valence-electron chi connectivity index (χ4n) is 2.78. The molecule has 1 fully saturated rings. The Bertz CT molecular complexity index is 466. The quantitative estimate of drug-likeness (QED) is 0.812. The first-order chi connectivity index (χ1) is 10.1. The number of carbonyl (C=O) groups is 1. The second-order valence-corrected chi connectivity index (χ2v) is 7.03. The Morgan fingerprint density at radius 1 is 1.48 bits per heavy atom. The molecule has 1 aromatic heterocycles. The molecule has 4 nitrogen and oxygen atoms in total. The van der Waals surface area contributed by atoms with Gasteiger partial charge in [0, 0.05) is 17.4 Å². The molecule has 0 spiro atoms. The number of aryl methyl sites for hydroxylation is 2. The van der Waals surface area contributed by atoms with Gasteiger partial charge in [-0.05, 0) is 39.2 Å². The van der Waals surface area contributed by atoms with Crippen molar-refractivity contribution in [1.29, 1.82) is 0 Å². The average molecular weight is 311 g/mol. The lowest BCUT2D eigenvalue weighted by atomic mass is 10.1. The second kappa shape index (κ2) is 7.90. The predicted octanol–water partition coefficient (Wildman–Crippen LogP) is 3.11. The van der Waals surface area contributed by atoms with E-state index in [0.29, 0.717) is 24.0 Å². The summed E-state index contributed by atoms with van der Waals surface area (Å²) in [6, 6.07) is 1.86. The molecular weight excluding hydrogens is 286 g/mol. The lowest BCUT2D eigenvalue weighted by Crippen LogP contribution is -2.27. The third kappa shape index (κ3) is 5.08. The van der Waals surface area contributed by atoms with Crippen LogP contribution in [0.3, 0.4) is 0 Å². The minimum Gasteiger partial charge on any atom is -0.466 e. The SMILES string of the molecule is Cc1cc([C@H](O)CCNC(=O)CSC2CCCC2)c(C)o1. The van der Waals surface area contributed by atoms with E-state index in [4.69, 9.17) is 4.42 Å². The van der Waals surface area contributed by atoms with Gasteiger partial charge in [-0.25, -0.2) is 0 Å². The third-order valence-electron chi connectivity index (χ3n) is 3.93. The van der Waals surface area contributed by atoms with Crippen LogP contribution in [0.15, 0.2) is 10.5 Å². The molecule has 1 aliphatic rings. The Labute approximate surface area is 130 Å². The topological polar surface area (TPSA) is 62.5 Å². The number of hydrogen-bond acceptors (Lipinski definition) is 4. The maximum absolute atomic E-state index is 11.8. The minimum atomic E-state index is -0.578. The van der Waals surface area contributed by atoms with Crippen LogP contribution in [0, 0.1) is 13.8 Å². The van der Waals surface area contributed by atoms with Crippen LogP contribution in [0.2, 0.25) is 0 Å². The van der Waals surface area contributed by atoms with E-state index in [1.165, 1.54) is 25.7 Å². The van der Waals surface area contributed by atoms with E-state index in [0.717, 1.165) is 17.1 Å². The van der Waals surface area contributed by atoms with E-state index >= 15 is 0 Å². The van der Waals surface area contributed by atoms with Gasteiger partial charge in [-0.15, -0.1) is 11.8 Å². The zero-order valence-electron chi connectivity index (χ0n) is 12.9. The summed E-state index contributed by atoms with van der Waals surface area (Å²) < 4.78 is 5.41. The van der Waals surface area contributed by atoms with Gasteiger partial charge in [0.05, 0.1) is 11.9 Å². The first kappa shape index (κ1) is 16.4. The lowest BCUT2D eigenvalue weighted by Gasteiger charge is -2.11. The molecule has 0 saturated heterocycles. The number of aliphatic hydroxyl groups excluding tert-OH is 1. The Morgan fingerprint density at radius 2 is 2.19 bits per heavy atom. The van der Waals surface area contributed by atoms with Crippen LogP contribution in [0.1, 0.15) is 55.3 Å². The summed E-state index contributed by atoms with van der Waals surface area (Å²) in [6.07, 6.45) is 5.03. The maximum Gasteiger partial charge on any atom is 0.230 e. The van der Waals surface area contributed by atoms with Gasteiger partial charge < -0.3 is 14.8 Å². The summed E-state index contributed by atoms with van der Waals surface area (Å²) in [5.74, 6) is 2.16. The van der Waals surface area contributed by atoms with E-state index in [9.17, 15) is 9.90 Å². The minimum absolute atomic E-state index is 0.0687. The highest BCUT2D eigenvalue weighted by atomic mass is 32.2. The molecule has 2 rings (SSSR count). The number of thioether (sulfide) groups is 1. The van der Waals surface area contributed by atoms with Gasteiger partial charge >= 0.3 is 0 Å². The summed E-state index contributed by atoms with van der Waals surface area (Å²) in [7, 11) is 0. The standard InChI is InChI=1S/C16H25NO3S/c1-11-9-14(12(2)20-11)15(18)7-8-17-16(19)10-21-13-5-3-4-6-13/h9,13,15,18H,3-8,10H2,1-2H3,(H,17,19)/t15-/m1/s1. The molecule has 1 saturated carbocycles. The number of furan rings is 1. The molecule has 2 N–H and O–H groups in total. The van der Waals surface area contributed by atoms with Crippen LogP contribution < -0.4 is 5.32 Å². The van der Waals surface area contributed by atoms with Crippen molar-refractivity contribution in [3.05, 3.63) is 23.2 Å². The molecule has 1 heterocycles. The monoisotopic (exact) mass is 311 g/mol. The fraction of sp³-hybridized carbons (Fsp3) is 0.688. The van der Waals surface area contributed by atoms with Crippen molar-refractivity contribution in [2.24, 2.45) is 0 Å². The molecule has 1 atom stereocenters. The Kier molecular flexibility index (Phi) is 6.18. The van der Waals surface area contributed by atoms with Gasteiger partial charge in [0.1, 0.15) is 11.5 Å². The Hall–Kier alpha value is -0.940. The Morgan fingerprint density at radius 3 is 2.81 bits per heavy atom. The summed E-state index contributed by atoms with van der Waals surface area (Å²) in [6.45, 7) is 4.21. The van der Waals surface area contributed by atoms with Crippen LogP contribution in [0.25, 0.3) is 0 Å². The van der Waals surface area contributed by atoms with Crippen molar-refractivity contribution in [1.82, 2.24) is 5.32 Å². The molecule has 5 heteroatoms. The molecule has 21 heavy (non-hydrogen) atoms. The normalized spacial score (nSPS) is 17.1. The number of rotatable bonds is 7. The van der Waals surface area contributed by atoms with Gasteiger partial charge in [-0.3, -0.25) is 4.79 Å². The van der Waals surface area contributed by atoms with E-state index < -0.39 is 6.10 Å². The highest BCUT2D eigenvalue weighted by molar-refractivity contribution is 8.00. The van der Waals surface area contributed by atoms with Gasteiger partial charge in [-0.1, -0.05) is 12.8 Å².